The van der Waals surface area contributed by atoms with Crippen molar-refractivity contribution in [2.75, 3.05) is 6.54 Å². The molecule has 1 aliphatic rings. The van der Waals surface area contributed by atoms with E-state index in [2.05, 4.69) is 0 Å². The summed E-state index contributed by atoms with van der Waals surface area (Å²) < 4.78 is 0. The van der Waals surface area contributed by atoms with Crippen LogP contribution >= 0.6 is 0 Å². The molecule has 1 atom stereocenters. The maximum Gasteiger partial charge on any atom is 0.326 e. The van der Waals surface area contributed by atoms with E-state index >= 15 is 0 Å². The van der Waals surface area contributed by atoms with Crippen molar-refractivity contribution in [3.63, 3.8) is 0 Å². The Labute approximate surface area is 64.8 Å². The summed E-state index contributed by atoms with van der Waals surface area (Å²) in [5, 5.41) is 8.55. The quantitative estimate of drug-likeness (QED) is 0.617. The summed E-state index contributed by atoms with van der Waals surface area (Å²) in [6, 6.07) is -0.553. The summed E-state index contributed by atoms with van der Waals surface area (Å²) in [5.41, 5.74) is 0. The van der Waals surface area contributed by atoms with E-state index < -0.39 is 12.0 Å². The fraction of sp³-hybridized carbons (Fsp3) is 0.714. The first kappa shape index (κ1) is 8.04. The van der Waals surface area contributed by atoms with Gasteiger partial charge >= 0.3 is 5.97 Å². The second-order valence-corrected chi connectivity index (χ2v) is 2.58. The highest BCUT2D eigenvalue weighted by Gasteiger charge is 2.36. The predicted molar refractivity (Wildman–Crippen MR) is 38.0 cm³/mol. The molecule has 1 saturated heterocycles. The zero-order valence-corrected chi connectivity index (χ0v) is 6.41. The maximum absolute atomic E-state index is 11.0. The van der Waals surface area contributed by atoms with Crippen LogP contribution in [0.15, 0.2) is 0 Å². The largest absolute Gasteiger partial charge is 0.480 e. The lowest BCUT2D eigenvalue weighted by molar-refractivity contribution is -0.157. The minimum atomic E-state index is -0.891. The van der Waals surface area contributed by atoms with Crippen LogP contribution in [0.2, 0.25) is 0 Å². The van der Waals surface area contributed by atoms with Gasteiger partial charge in [0, 0.05) is 13.0 Å². The zero-order chi connectivity index (χ0) is 8.43. The Kier molecular flexibility index (Phi) is 2.12. The molecule has 0 aromatic carbocycles. The number of likely N-dealkylation sites (tertiary alicyclic amines) is 1. The van der Waals surface area contributed by atoms with Crippen molar-refractivity contribution in [3.8, 4) is 0 Å². The summed E-state index contributed by atoms with van der Waals surface area (Å²) >= 11 is 0. The molecule has 1 rings (SSSR count). The number of amides is 1. The smallest absolute Gasteiger partial charge is 0.326 e. The monoisotopic (exact) mass is 157 g/mol. The summed E-state index contributed by atoms with van der Waals surface area (Å²) in [7, 11) is 0. The fourth-order valence-corrected chi connectivity index (χ4v) is 1.15. The minimum absolute atomic E-state index is 0.0661. The standard InChI is InChI=1S/C7H11NO3/c1-2-6(9)8-4-3-5(8)7(10)11/h5H,2-4H2,1H3,(H,10,11). The number of hydrogen-bond acceptors (Lipinski definition) is 2. The Balaban J connectivity index is 2.49. The fourth-order valence-electron chi connectivity index (χ4n) is 1.15. The van der Waals surface area contributed by atoms with Gasteiger partial charge in [0.1, 0.15) is 6.04 Å². The van der Waals surface area contributed by atoms with Crippen LogP contribution in [0, 0.1) is 0 Å². The highest BCUT2D eigenvalue weighted by molar-refractivity contribution is 5.85. The molecule has 1 aliphatic heterocycles. The number of carboxylic acid groups (broad SMARTS) is 1. The van der Waals surface area contributed by atoms with Crippen LogP contribution in [-0.2, 0) is 9.59 Å². The SMILES string of the molecule is CCC(=O)N1CCC1C(=O)O. The molecule has 1 unspecified atom stereocenters. The number of carbonyl (C=O) groups excluding carboxylic acids is 1. The molecular weight excluding hydrogens is 146 g/mol. The molecule has 4 heteroatoms. The van der Waals surface area contributed by atoms with Crippen molar-refractivity contribution in [2.24, 2.45) is 0 Å². The number of carboxylic acids is 1. The molecule has 0 radical (unpaired) electrons. The Hall–Kier alpha value is -1.06. The van der Waals surface area contributed by atoms with E-state index in [1.165, 1.54) is 4.90 Å². The lowest BCUT2D eigenvalue weighted by Gasteiger charge is -2.37. The molecule has 62 valence electrons. The summed E-state index contributed by atoms with van der Waals surface area (Å²) in [6.45, 7) is 2.34. The molecule has 1 amide bonds. The first-order valence-corrected chi connectivity index (χ1v) is 3.69. The summed E-state index contributed by atoms with van der Waals surface area (Å²) in [6.07, 6.45) is 0.991. The van der Waals surface area contributed by atoms with E-state index in [0.29, 0.717) is 19.4 Å². The molecule has 0 aromatic heterocycles. The lowest BCUT2D eigenvalue weighted by atomic mass is 10.0. The van der Waals surface area contributed by atoms with E-state index in [0.717, 1.165) is 0 Å². The molecule has 0 aliphatic carbocycles. The van der Waals surface area contributed by atoms with Gasteiger partial charge in [0.2, 0.25) is 5.91 Å². The molecular formula is C7H11NO3. The zero-order valence-electron chi connectivity index (χ0n) is 6.41. The Bertz CT molecular complexity index is 190. The highest BCUT2D eigenvalue weighted by Crippen LogP contribution is 2.17. The molecule has 1 N–H and O–H groups in total. The van der Waals surface area contributed by atoms with Crippen LogP contribution in [-0.4, -0.2) is 34.5 Å². The van der Waals surface area contributed by atoms with E-state index in [4.69, 9.17) is 5.11 Å². The van der Waals surface area contributed by atoms with Crippen molar-refractivity contribution in [1.82, 2.24) is 4.90 Å². The summed E-state index contributed by atoms with van der Waals surface area (Å²) in [5.74, 6) is -0.957. The van der Waals surface area contributed by atoms with Gasteiger partial charge in [0.05, 0.1) is 0 Å². The molecule has 11 heavy (non-hydrogen) atoms. The van der Waals surface area contributed by atoms with E-state index in [1.807, 2.05) is 0 Å². The van der Waals surface area contributed by atoms with Gasteiger partial charge in [-0.3, -0.25) is 4.79 Å². The second kappa shape index (κ2) is 2.90. The topological polar surface area (TPSA) is 57.6 Å². The minimum Gasteiger partial charge on any atom is -0.480 e. The average molecular weight is 157 g/mol. The van der Waals surface area contributed by atoms with Crippen LogP contribution < -0.4 is 0 Å². The van der Waals surface area contributed by atoms with Crippen LogP contribution in [0.25, 0.3) is 0 Å². The molecule has 0 saturated carbocycles. The predicted octanol–water partition coefficient (Wildman–Crippen LogP) is 0.0819. The van der Waals surface area contributed by atoms with Crippen molar-refractivity contribution >= 4 is 11.9 Å². The van der Waals surface area contributed by atoms with E-state index in [9.17, 15) is 9.59 Å². The number of aliphatic carboxylic acids is 1. The third-order valence-corrected chi connectivity index (χ3v) is 1.93. The van der Waals surface area contributed by atoms with Crippen LogP contribution in [0.1, 0.15) is 19.8 Å². The van der Waals surface area contributed by atoms with Crippen molar-refractivity contribution in [3.05, 3.63) is 0 Å². The normalized spacial score (nSPS) is 22.6. The van der Waals surface area contributed by atoms with Gasteiger partial charge in [0.25, 0.3) is 0 Å². The van der Waals surface area contributed by atoms with Crippen molar-refractivity contribution in [1.29, 1.82) is 0 Å². The number of carbonyl (C=O) groups is 2. The van der Waals surface area contributed by atoms with Crippen molar-refractivity contribution < 1.29 is 14.7 Å². The summed E-state index contributed by atoms with van der Waals surface area (Å²) in [4.78, 5) is 22.8. The average Bonchev–Trinajstić information content (AvgIpc) is 1.83. The van der Waals surface area contributed by atoms with Crippen LogP contribution in [0.4, 0.5) is 0 Å². The molecule has 0 bridgehead atoms. The van der Waals surface area contributed by atoms with Gasteiger partial charge < -0.3 is 10.0 Å². The van der Waals surface area contributed by atoms with Crippen LogP contribution in [0.5, 0.6) is 0 Å². The third-order valence-electron chi connectivity index (χ3n) is 1.93. The number of rotatable bonds is 2. The molecule has 4 nitrogen and oxygen atoms in total. The first-order valence-electron chi connectivity index (χ1n) is 3.69. The second-order valence-electron chi connectivity index (χ2n) is 2.58. The van der Waals surface area contributed by atoms with Gasteiger partial charge in [0.15, 0.2) is 0 Å². The third kappa shape index (κ3) is 1.34. The molecule has 0 spiro atoms. The van der Waals surface area contributed by atoms with E-state index in [1.54, 1.807) is 6.92 Å². The van der Waals surface area contributed by atoms with Crippen molar-refractivity contribution in [2.45, 2.75) is 25.8 Å². The molecule has 0 aromatic rings. The van der Waals surface area contributed by atoms with Gasteiger partial charge in [-0.2, -0.15) is 0 Å². The van der Waals surface area contributed by atoms with Gasteiger partial charge in [-0.1, -0.05) is 6.92 Å². The van der Waals surface area contributed by atoms with E-state index in [-0.39, 0.29) is 5.91 Å². The first-order chi connectivity index (χ1) is 5.16. The molecule has 1 heterocycles. The van der Waals surface area contributed by atoms with Crippen LogP contribution in [0.3, 0.4) is 0 Å². The van der Waals surface area contributed by atoms with Gasteiger partial charge in [-0.25, -0.2) is 4.79 Å². The van der Waals surface area contributed by atoms with Gasteiger partial charge in [-0.15, -0.1) is 0 Å². The Morgan fingerprint density at radius 1 is 1.64 bits per heavy atom. The Morgan fingerprint density at radius 2 is 2.27 bits per heavy atom. The highest BCUT2D eigenvalue weighted by atomic mass is 16.4. The Morgan fingerprint density at radius 3 is 2.55 bits per heavy atom. The molecule has 1 fully saturated rings. The lowest BCUT2D eigenvalue weighted by Crippen LogP contribution is -2.54. The number of nitrogens with zero attached hydrogens (tertiary/aromatic N) is 1. The number of hydrogen-bond donors (Lipinski definition) is 1. The maximum atomic E-state index is 11.0. The van der Waals surface area contributed by atoms with Gasteiger partial charge in [-0.05, 0) is 6.42 Å².